The van der Waals surface area contributed by atoms with E-state index in [0.29, 0.717) is 5.84 Å². The van der Waals surface area contributed by atoms with Crippen LogP contribution >= 0.6 is 11.6 Å². The maximum absolute atomic E-state index is 5.54. The first kappa shape index (κ1) is 10.9. The molecule has 4 heteroatoms. The molecule has 0 heterocycles. The molecule has 76 valence electrons. The summed E-state index contributed by atoms with van der Waals surface area (Å²) in [6.45, 7) is 0. The maximum atomic E-state index is 5.54. The molecule has 1 rings (SSSR count). The Morgan fingerprint density at radius 1 is 1.50 bits per heavy atom. The fraction of sp³-hybridized carbons (Fsp3) is 0.300. The Kier molecular flexibility index (Phi) is 3.77. The molecule has 0 atom stereocenters. The second-order valence-electron chi connectivity index (χ2n) is 3.15. The number of rotatable bonds is 3. The third-order valence-electron chi connectivity index (χ3n) is 1.76. The summed E-state index contributed by atoms with van der Waals surface area (Å²) in [5.74, 6) is 0.689. The lowest BCUT2D eigenvalue weighted by atomic mass is 10.2. The first-order chi connectivity index (χ1) is 6.63. The Morgan fingerprint density at radius 3 is 2.79 bits per heavy atom. The summed E-state index contributed by atoms with van der Waals surface area (Å²) in [4.78, 5) is 6.17. The fourth-order valence-electron chi connectivity index (χ4n) is 1.04. The number of alkyl halides is 1. The van der Waals surface area contributed by atoms with Crippen LogP contribution < -0.4 is 10.6 Å². The van der Waals surface area contributed by atoms with Gasteiger partial charge in [0.05, 0.1) is 11.6 Å². The standard InChI is InChI=1S/C10H14ClN3/c1-14(2)9-5-3-4-8(6-9)13-10(12)7-11/h3-6H,7H2,1-2H3,(H2,12,13). The van der Waals surface area contributed by atoms with E-state index in [0.717, 1.165) is 11.4 Å². The van der Waals surface area contributed by atoms with Crippen molar-refractivity contribution < 1.29 is 0 Å². The lowest BCUT2D eigenvalue weighted by Gasteiger charge is -2.12. The van der Waals surface area contributed by atoms with Gasteiger partial charge in [0.1, 0.15) is 5.84 Å². The molecule has 0 saturated heterocycles. The number of aliphatic imine (C=N–C) groups is 1. The minimum absolute atomic E-state index is 0.256. The van der Waals surface area contributed by atoms with E-state index in [-0.39, 0.29) is 5.88 Å². The predicted molar refractivity (Wildman–Crippen MR) is 62.8 cm³/mol. The molecule has 0 spiro atoms. The second-order valence-corrected chi connectivity index (χ2v) is 3.42. The fourth-order valence-corrected chi connectivity index (χ4v) is 1.10. The minimum atomic E-state index is 0.256. The molecule has 0 aliphatic rings. The first-order valence-corrected chi connectivity index (χ1v) is 4.83. The van der Waals surface area contributed by atoms with Gasteiger partial charge in [0.2, 0.25) is 0 Å². The average Bonchev–Trinajstić information content (AvgIpc) is 2.18. The Hall–Kier alpha value is -1.22. The highest BCUT2D eigenvalue weighted by atomic mass is 35.5. The lowest BCUT2D eigenvalue weighted by Crippen LogP contribution is -2.12. The summed E-state index contributed by atoms with van der Waals surface area (Å²) in [5, 5.41) is 0. The van der Waals surface area contributed by atoms with Crippen molar-refractivity contribution in [1.29, 1.82) is 0 Å². The predicted octanol–water partition coefficient (Wildman–Crippen LogP) is 1.98. The summed E-state index contributed by atoms with van der Waals surface area (Å²) in [6, 6.07) is 7.80. The van der Waals surface area contributed by atoms with Crippen LogP contribution in [0.3, 0.4) is 0 Å². The Labute approximate surface area is 89.2 Å². The zero-order valence-electron chi connectivity index (χ0n) is 8.37. The second kappa shape index (κ2) is 4.86. The average molecular weight is 212 g/mol. The van der Waals surface area contributed by atoms with Gasteiger partial charge in [-0.3, -0.25) is 0 Å². The highest BCUT2D eigenvalue weighted by molar-refractivity contribution is 6.28. The van der Waals surface area contributed by atoms with Crippen molar-refractivity contribution in [3.05, 3.63) is 24.3 Å². The van der Waals surface area contributed by atoms with Crippen molar-refractivity contribution in [2.45, 2.75) is 0 Å². The molecule has 0 unspecified atom stereocenters. The molecule has 1 aromatic rings. The summed E-state index contributed by atoms with van der Waals surface area (Å²) >= 11 is 5.54. The molecule has 3 nitrogen and oxygen atoms in total. The van der Waals surface area contributed by atoms with E-state index in [1.807, 2.05) is 43.3 Å². The zero-order valence-corrected chi connectivity index (χ0v) is 9.12. The molecule has 0 aliphatic carbocycles. The van der Waals surface area contributed by atoms with Gasteiger partial charge in [-0.05, 0) is 18.2 Å². The summed E-state index contributed by atoms with van der Waals surface area (Å²) in [6.07, 6.45) is 0. The number of benzene rings is 1. The number of nitrogens with two attached hydrogens (primary N) is 1. The van der Waals surface area contributed by atoms with E-state index in [4.69, 9.17) is 17.3 Å². The van der Waals surface area contributed by atoms with Crippen LogP contribution in [0, 0.1) is 0 Å². The van der Waals surface area contributed by atoms with Gasteiger partial charge in [0.25, 0.3) is 0 Å². The van der Waals surface area contributed by atoms with Crippen LogP contribution in [0.25, 0.3) is 0 Å². The summed E-state index contributed by atoms with van der Waals surface area (Å²) in [5.41, 5.74) is 7.46. The van der Waals surface area contributed by atoms with Gasteiger partial charge in [0.15, 0.2) is 0 Å². The van der Waals surface area contributed by atoms with Crippen molar-refractivity contribution in [1.82, 2.24) is 0 Å². The van der Waals surface area contributed by atoms with Crippen molar-refractivity contribution in [2.75, 3.05) is 24.9 Å². The molecular formula is C10H14ClN3. The van der Waals surface area contributed by atoms with E-state index in [2.05, 4.69) is 4.99 Å². The molecular weight excluding hydrogens is 198 g/mol. The van der Waals surface area contributed by atoms with Gasteiger partial charge in [-0.1, -0.05) is 6.07 Å². The molecule has 0 saturated carbocycles. The molecule has 0 fully saturated rings. The van der Waals surface area contributed by atoms with Crippen molar-refractivity contribution >= 4 is 28.8 Å². The SMILES string of the molecule is CN(C)c1cccc(N=C(N)CCl)c1. The number of nitrogens with zero attached hydrogens (tertiary/aromatic N) is 2. The van der Waals surface area contributed by atoms with Crippen molar-refractivity contribution in [2.24, 2.45) is 10.7 Å². The number of hydrogen-bond acceptors (Lipinski definition) is 2. The molecule has 0 aromatic heterocycles. The van der Waals surface area contributed by atoms with Crippen molar-refractivity contribution in [3.8, 4) is 0 Å². The normalized spacial score (nSPS) is 11.5. The Morgan fingerprint density at radius 2 is 2.21 bits per heavy atom. The number of halogens is 1. The van der Waals surface area contributed by atoms with E-state index < -0.39 is 0 Å². The molecule has 0 radical (unpaired) electrons. The third kappa shape index (κ3) is 2.92. The van der Waals surface area contributed by atoms with Gasteiger partial charge in [-0.15, -0.1) is 11.6 Å². The quantitative estimate of drug-likeness (QED) is 0.472. The van der Waals surface area contributed by atoms with Crippen LogP contribution in [-0.4, -0.2) is 25.8 Å². The highest BCUT2D eigenvalue weighted by Crippen LogP contribution is 2.19. The molecule has 2 N–H and O–H groups in total. The number of anilines is 1. The van der Waals surface area contributed by atoms with Crippen LogP contribution in [-0.2, 0) is 0 Å². The number of amidine groups is 1. The van der Waals surface area contributed by atoms with Crippen LogP contribution in [0.2, 0.25) is 0 Å². The van der Waals surface area contributed by atoms with Crippen LogP contribution in [0.4, 0.5) is 11.4 Å². The summed E-state index contributed by atoms with van der Waals surface area (Å²) < 4.78 is 0. The minimum Gasteiger partial charge on any atom is -0.386 e. The highest BCUT2D eigenvalue weighted by Gasteiger charge is 1.96. The van der Waals surface area contributed by atoms with E-state index in [1.165, 1.54) is 0 Å². The van der Waals surface area contributed by atoms with Gasteiger partial charge in [-0.25, -0.2) is 4.99 Å². The Bertz CT molecular complexity index is 334. The van der Waals surface area contributed by atoms with Crippen molar-refractivity contribution in [3.63, 3.8) is 0 Å². The monoisotopic (exact) mass is 211 g/mol. The van der Waals surface area contributed by atoms with Crippen LogP contribution in [0.5, 0.6) is 0 Å². The van der Waals surface area contributed by atoms with Gasteiger partial charge in [0, 0.05) is 19.8 Å². The topological polar surface area (TPSA) is 41.6 Å². The first-order valence-electron chi connectivity index (χ1n) is 4.30. The lowest BCUT2D eigenvalue weighted by molar-refractivity contribution is 1.13. The largest absolute Gasteiger partial charge is 0.386 e. The Balaban J connectivity index is 2.94. The third-order valence-corrected chi connectivity index (χ3v) is 2.03. The van der Waals surface area contributed by atoms with Crippen LogP contribution in [0.1, 0.15) is 0 Å². The molecule has 0 bridgehead atoms. The van der Waals surface area contributed by atoms with Gasteiger partial charge >= 0.3 is 0 Å². The molecule has 14 heavy (non-hydrogen) atoms. The van der Waals surface area contributed by atoms with E-state index >= 15 is 0 Å². The van der Waals surface area contributed by atoms with E-state index in [9.17, 15) is 0 Å². The molecule has 0 amide bonds. The van der Waals surface area contributed by atoms with Crippen LogP contribution in [0.15, 0.2) is 29.3 Å². The van der Waals surface area contributed by atoms with E-state index in [1.54, 1.807) is 0 Å². The molecule has 0 aliphatic heterocycles. The van der Waals surface area contributed by atoms with Gasteiger partial charge in [-0.2, -0.15) is 0 Å². The smallest absolute Gasteiger partial charge is 0.115 e. The molecule has 1 aromatic carbocycles. The maximum Gasteiger partial charge on any atom is 0.115 e. The summed E-state index contributed by atoms with van der Waals surface area (Å²) in [7, 11) is 3.96. The zero-order chi connectivity index (χ0) is 10.6. The number of hydrogen-bond donors (Lipinski definition) is 1. The van der Waals surface area contributed by atoms with Gasteiger partial charge < -0.3 is 10.6 Å².